The molecule has 3 unspecified atom stereocenters. The van der Waals surface area contributed by atoms with E-state index in [4.69, 9.17) is 9.47 Å². The van der Waals surface area contributed by atoms with Gasteiger partial charge in [0.2, 0.25) is 5.79 Å². The van der Waals surface area contributed by atoms with Crippen molar-refractivity contribution in [2.75, 3.05) is 13.2 Å². The molecule has 2 rings (SSSR count). The van der Waals surface area contributed by atoms with E-state index in [1.165, 1.54) is 0 Å². The minimum Gasteiger partial charge on any atom is -0.394 e. The van der Waals surface area contributed by atoms with Crippen LogP contribution in [0, 0.1) is 5.92 Å². The summed E-state index contributed by atoms with van der Waals surface area (Å²) in [4.78, 5) is 0. The van der Waals surface area contributed by atoms with Crippen molar-refractivity contribution in [2.45, 2.75) is 73.8 Å². The molecule has 0 radical (unpaired) electrons. The SMILES string of the molecule is CC(O)C([C@H]1O[C@H](CO)[C@@H](O)[C@H](O)[C@H]1O)C1(O)O[C@@H](CO)[C@H](O)[C@@H](O)[C@@H]1O. The Kier molecular flexibility index (Phi) is 7.17. The molecule has 0 bridgehead atoms. The number of ether oxygens (including phenoxy) is 2. The van der Waals surface area contributed by atoms with Crippen LogP contribution in [0.3, 0.4) is 0 Å². The highest BCUT2D eigenvalue weighted by atomic mass is 16.7. The van der Waals surface area contributed by atoms with Crippen LogP contribution in [0.4, 0.5) is 0 Å². The molecule has 12 heteroatoms. The first-order chi connectivity index (χ1) is 12.5. The van der Waals surface area contributed by atoms with Gasteiger partial charge in [0.25, 0.3) is 0 Å². The molecule has 0 aromatic heterocycles. The Balaban J connectivity index is 2.43. The third kappa shape index (κ3) is 3.85. The molecule has 2 aliphatic rings. The molecule has 0 spiro atoms. The zero-order valence-corrected chi connectivity index (χ0v) is 14.6. The van der Waals surface area contributed by atoms with Gasteiger partial charge in [-0.1, -0.05) is 0 Å². The average Bonchev–Trinajstić information content (AvgIpc) is 2.63. The lowest BCUT2D eigenvalue weighted by molar-refractivity contribution is -0.393. The highest BCUT2D eigenvalue weighted by molar-refractivity contribution is 5.06. The lowest BCUT2D eigenvalue weighted by atomic mass is 9.75. The van der Waals surface area contributed by atoms with Gasteiger partial charge in [0.05, 0.1) is 31.3 Å². The van der Waals surface area contributed by atoms with Gasteiger partial charge in [0.1, 0.15) is 48.8 Å². The van der Waals surface area contributed by atoms with Crippen LogP contribution in [0.1, 0.15) is 6.92 Å². The first-order valence-corrected chi connectivity index (χ1v) is 8.55. The summed E-state index contributed by atoms with van der Waals surface area (Å²) in [5, 5.41) is 99.9. The second-order valence-electron chi connectivity index (χ2n) is 7.08. The van der Waals surface area contributed by atoms with Gasteiger partial charge in [-0.05, 0) is 6.92 Å². The number of hydrogen-bond acceptors (Lipinski definition) is 12. The molecule has 0 saturated carbocycles. The largest absolute Gasteiger partial charge is 0.394 e. The van der Waals surface area contributed by atoms with Crippen LogP contribution in [-0.2, 0) is 9.47 Å². The summed E-state index contributed by atoms with van der Waals surface area (Å²) in [5.74, 6) is -4.55. The van der Waals surface area contributed by atoms with Crippen LogP contribution in [-0.4, -0.2) is 131 Å². The normalized spacial score (nSPS) is 51.0. The van der Waals surface area contributed by atoms with Gasteiger partial charge in [-0.25, -0.2) is 0 Å². The van der Waals surface area contributed by atoms with Crippen LogP contribution in [0.15, 0.2) is 0 Å². The number of aliphatic hydroxyl groups excluding tert-OH is 9. The molecular weight excluding hydrogens is 372 g/mol. The molecule has 0 aromatic carbocycles. The summed E-state index contributed by atoms with van der Waals surface area (Å²) >= 11 is 0. The zero-order chi connectivity index (χ0) is 20.7. The maximum Gasteiger partial charge on any atom is 0.203 e. The van der Waals surface area contributed by atoms with E-state index < -0.39 is 86.0 Å². The number of hydrogen-bond donors (Lipinski definition) is 10. The monoisotopic (exact) mass is 400 g/mol. The van der Waals surface area contributed by atoms with E-state index >= 15 is 0 Å². The first kappa shape index (κ1) is 22.8. The van der Waals surface area contributed by atoms with Crippen molar-refractivity contribution in [3.8, 4) is 0 Å². The van der Waals surface area contributed by atoms with Crippen molar-refractivity contribution < 1.29 is 60.5 Å². The van der Waals surface area contributed by atoms with Crippen LogP contribution < -0.4 is 0 Å². The Morgan fingerprint density at radius 3 is 1.81 bits per heavy atom. The molecule has 27 heavy (non-hydrogen) atoms. The second-order valence-corrected chi connectivity index (χ2v) is 7.08. The van der Waals surface area contributed by atoms with E-state index in [9.17, 15) is 51.1 Å². The van der Waals surface area contributed by atoms with Crippen molar-refractivity contribution in [1.82, 2.24) is 0 Å². The Hall–Kier alpha value is -0.480. The van der Waals surface area contributed by atoms with E-state index in [0.717, 1.165) is 6.92 Å². The van der Waals surface area contributed by atoms with E-state index in [1.54, 1.807) is 0 Å². The fourth-order valence-corrected chi connectivity index (χ4v) is 3.74. The summed E-state index contributed by atoms with van der Waals surface area (Å²) < 4.78 is 10.5. The fourth-order valence-electron chi connectivity index (χ4n) is 3.74. The van der Waals surface area contributed by atoms with Gasteiger partial charge in [-0.2, -0.15) is 0 Å². The van der Waals surface area contributed by atoms with Crippen LogP contribution in [0.25, 0.3) is 0 Å². The van der Waals surface area contributed by atoms with Crippen molar-refractivity contribution >= 4 is 0 Å². The summed E-state index contributed by atoms with van der Waals surface area (Å²) in [6, 6.07) is 0. The molecule has 12 nitrogen and oxygen atoms in total. The number of aliphatic hydroxyl groups is 10. The molecule has 0 aromatic rings. The average molecular weight is 400 g/mol. The van der Waals surface area contributed by atoms with E-state index in [2.05, 4.69) is 0 Å². The summed E-state index contributed by atoms with van der Waals surface area (Å²) in [7, 11) is 0. The van der Waals surface area contributed by atoms with Gasteiger partial charge in [-0.15, -0.1) is 0 Å². The zero-order valence-electron chi connectivity index (χ0n) is 14.6. The highest BCUT2D eigenvalue weighted by Crippen LogP contribution is 2.41. The van der Waals surface area contributed by atoms with Gasteiger partial charge in [-0.3, -0.25) is 0 Å². The van der Waals surface area contributed by atoms with Crippen LogP contribution >= 0.6 is 0 Å². The van der Waals surface area contributed by atoms with Gasteiger partial charge >= 0.3 is 0 Å². The Morgan fingerprint density at radius 2 is 1.33 bits per heavy atom. The predicted octanol–water partition coefficient (Wildman–Crippen LogP) is -6.01. The van der Waals surface area contributed by atoms with Gasteiger partial charge in [0, 0.05) is 0 Å². The Morgan fingerprint density at radius 1 is 0.815 bits per heavy atom. The van der Waals surface area contributed by atoms with Crippen molar-refractivity contribution in [3.05, 3.63) is 0 Å². The summed E-state index contributed by atoms with van der Waals surface area (Å²) in [6.45, 7) is -0.476. The van der Waals surface area contributed by atoms with Crippen LogP contribution in [0.2, 0.25) is 0 Å². The standard InChI is InChI=1S/C15H28O12/c1-4(18)7(13-11(22)10(21)8(19)5(2-16)26-13)15(25)14(24)12(23)9(20)6(3-17)27-15/h4-14,16-25H,2-3H2,1H3/t4?,5-,6+,7?,8-,9+,10+,11-,12-,13-,14+,15?/m1/s1. The molecular formula is C15H28O12. The first-order valence-electron chi connectivity index (χ1n) is 8.55. The van der Waals surface area contributed by atoms with E-state index in [0.29, 0.717) is 0 Å². The highest BCUT2D eigenvalue weighted by Gasteiger charge is 2.62. The third-order valence-corrected chi connectivity index (χ3v) is 5.28. The third-order valence-electron chi connectivity index (χ3n) is 5.28. The lowest BCUT2D eigenvalue weighted by Gasteiger charge is -2.53. The van der Waals surface area contributed by atoms with Gasteiger partial charge < -0.3 is 60.5 Å². The topological polar surface area (TPSA) is 221 Å². The maximum absolute atomic E-state index is 10.9. The second kappa shape index (κ2) is 8.49. The molecule has 0 aliphatic carbocycles. The van der Waals surface area contributed by atoms with Crippen molar-refractivity contribution in [1.29, 1.82) is 0 Å². The van der Waals surface area contributed by atoms with E-state index in [-0.39, 0.29) is 0 Å². The molecule has 2 saturated heterocycles. The summed E-state index contributed by atoms with van der Waals surface area (Å²) in [5.41, 5.74) is 0. The minimum absolute atomic E-state index is 0.767. The smallest absolute Gasteiger partial charge is 0.203 e. The molecule has 0 amide bonds. The van der Waals surface area contributed by atoms with Crippen LogP contribution in [0.5, 0.6) is 0 Å². The Bertz CT molecular complexity index is 487. The maximum atomic E-state index is 10.9. The minimum atomic E-state index is -2.83. The Labute approximate surface area is 154 Å². The molecule has 12 atom stereocenters. The molecule has 2 aliphatic heterocycles. The van der Waals surface area contributed by atoms with Crippen molar-refractivity contribution in [3.63, 3.8) is 0 Å². The lowest BCUT2D eigenvalue weighted by Crippen LogP contribution is -2.73. The van der Waals surface area contributed by atoms with E-state index in [1.807, 2.05) is 0 Å². The summed E-state index contributed by atoms with van der Waals surface area (Å²) in [6.07, 6.45) is -17.5. The molecule has 2 heterocycles. The predicted molar refractivity (Wildman–Crippen MR) is 83.9 cm³/mol. The number of rotatable bonds is 5. The molecule has 160 valence electrons. The van der Waals surface area contributed by atoms with Gasteiger partial charge in [0.15, 0.2) is 0 Å². The molecule has 10 N–H and O–H groups in total. The fraction of sp³-hybridized carbons (Fsp3) is 1.00. The van der Waals surface area contributed by atoms with Crippen molar-refractivity contribution in [2.24, 2.45) is 5.92 Å². The molecule has 2 fully saturated rings. The quantitative estimate of drug-likeness (QED) is 0.208.